The standard InChI is InChI=1S/C49H28N4OS/c1-3-13-29(14-4-1)47-50-48(30-15-5-2-6-16-30)52-49(51-47)38-27-31-17-7-8-18-33(31)45-43(38)37-24-23-32(28-41(37)54-45)53-39-21-11-9-20-36(39)44-40(53)26-25-35-34-19-10-12-22-42(34)55-46(35)44/h1-28H. The summed E-state index contributed by atoms with van der Waals surface area (Å²) in [6.07, 6.45) is 0. The molecular formula is C49H28N4OS. The van der Waals surface area contributed by atoms with E-state index in [0.29, 0.717) is 17.5 Å². The summed E-state index contributed by atoms with van der Waals surface area (Å²) in [7, 11) is 0. The van der Waals surface area contributed by atoms with Crippen LogP contribution in [-0.4, -0.2) is 19.5 Å². The smallest absolute Gasteiger partial charge is 0.164 e. The summed E-state index contributed by atoms with van der Waals surface area (Å²) < 4.78 is 11.9. The molecular weight excluding hydrogens is 693 g/mol. The first-order valence-electron chi connectivity index (χ1n) is 18.4. The molecule has 0 saturated carbocycles. The van der Waals surface area contributed by atoms with Crippen molar-refractivity contribution in [2.75, 3.05) is 0 Å². The van der Waals surface area contributed by atoms with Gasteiger partial charge in [0.25, 0.3) is 0 Å². The Morgan fingerprint density at radius 3 is 1.87 bits per heavy atom. The van der Waals surface area contributed by atoms with Crippen LogP contribution in [-0.2, 0) is 0 Å². The highest BCUT2D eigenvalue weighted by Crippen LogP contribution is 2.45. The molecule has 5 nitrogen and oxygen atoms in total. The van der Waals surface area contributed by atoms with Crippen LogP contribution in [0.2, 0.25) is 0 Å². The third kappa shape index (κ3) is 4.55. The lowest BCUT2D eigenvalue weighted by Crippen LogP contribution is -2.00. The highest BCUT2D eigenvalue weighted by molar-refractivity contribution is 7.26. The Bertz CT molecular complexity index is 3430. The Kier molecular flexibility index (Phi) is 6.44. The summed E-state index contributed by atoms with van der Waals surface area (Å²) in [6.45, 7) is 0. The molecule has 0 atom stereocenters. The molecule has 256 valence electrons. The van der Waals surface area contributed by atoms with E-state index in [1.165, 1.54) is 36.5 Å². The van der Waals surface area contributed by atoms with Crippen molar-refractivity contribution in [3.8, 4) is 39.9 Å². The molecule has 4 aromatic heterocycles. The number of para-hydroxylation sites is 1. The van der Waals surface area contributed by atoms with Crippen LogP contribution in [0.15, 0.2) is 174 Å². The number of hydrogen-bond donors (Lipinski definition) is 0. The molecule has 0 N–H and O–H groups in total. The zero-order valence-electron chi connectivity index (χ0n) is 29.3. The first-order valence-corrected chi connectivity index (χ1v) is 19.2. The number of furan rings is 1. The fraction of sp³-hybridized carbons (Fsp3) is 0. The van der Waals surface area contributed by atoms with Crippen molar-refractivity contribution in [3.63, 3.8) is 0 Å². The van der Waals surface area contributed by atoms with Crippen molar-refractivity contribution in [2.45, 2.75) is 0 Å². The largest absolute Gasteiger partial charge is 0.455 e. The Morgan fingerprint density at radius 1 is 0.455 bits per heavy atom. The van der Waals surface area contributed by atoms with Crippen LogP contribution in [0.4, 0.5) is 0 Å². The van der Waals surface area contributed by atoms with Gasteiger partial charge in [0, 0.05) is 75.5 Å². The second-order valence-electron chi connectivity index (χ2n) is 14.0. The summed E-state index contributed by atoms with van der Waals surface area (Å²) in [6, 6.07) is 59.4. The van der Waals surface area contributed by atoms with E-state index in [2.05, 4.69) is 114 Å². The third-order valence-electron chi connectivity index (χ3n) is 10.8. The minimum atomic E-state index is 0.602. The maximum atomic E-state index is 6.95. The summed E-state index contributed by atoms with van der Waals surface area (Å²) >= 11 is 1.87. The van der Waals surface area contributed by atoms with Gasteiger partial charge in [0.2, 0.25) is 0 Å². The highest BCUT2D eigenvalue weighted by Gasteiger charge is 2.22. The third-order valence-corrected chi connectivity index (χ3v) is 12.0. The Balaban J connectivity index is 1.13. The molecule has 0 spiro atoms. The van der Waals surface area contributed by atoms with Gasteiger partial charge in [-0.05, 0) is 41.8 Å². The molecule has 0 aliphatic carbocycles. The summed E-state index contributed by atoms with van der Waals surface area (Å²) in [5.74, 6) is 1.85. The molecule has 8 aromatic carbocycles. The van der Waals surface area contributed by atoms with Crippen LogP contribution in [0.1, 0.15) is 0 Å². The van der Waals surface area contributed by atoms with Crippen molar-refractivity contribution in [2.24, 2.45) is 0 Å². The van der Waals surface area contributed by atoms with Gasteiger partial charge in [-0.3, -0.25) is 0 Å². The minimum Gasteiger partial charge on any atom is -0.455 e. The molecule has 0 saturated heterocycles. The molecule has 12 aromatic rings. The van der Waals surface area contributed by atoms with E-state index >= 15 is 0 Å². The molecule has 4 heterocycles. The lowest BCUT2D eigenvalue weighted by atomic mass is 9.99. The van der Waals surface area contributed by atoms with E-state index in [-0.39, 0.29) is 0 Å². The van der Waals surface area contributed by atoms with Gasteiger partial charge >= 0.3 is 0 Å². The summed E-state index contributed by atoms with van der Waals surface area (Å²) in [5.41, 5.74) is 7.77. The number of aromatic nitrogens is 4. The number of thiophene rings is 1. The average Bonchev–Trinajstić information content (AvgIpc) is 3.93. The van der Waals surface area contributed by atoms with Crippen molar-refractivity contribution < 1.29 is 4.42 Å². The maximum Gasteiger partial charge on any atom is 0.164 e. The first-order chi connectivity index (χ1) is 27.3. The normalized spacial score (nSPS) is 12.0. The van der Waals surface area contributed by atoms with Gasteiger partial charge in [0.1, 0.15) is 11.2 Å². The van der Waals surface area contributed by atoms with Gasteiger partial charge < -0.3 is 8.98 Å². The Hall–Kier alpha value is -7.15. The number of fused-ring (bicyclic) bond motifs is 12. The van der Waals surface area contributed by atoms with E-state index < -0.39 is 0 Å². The van der Waals surface area contributed by atoms with Crippen LogP contribution in [0, 0.1) is 0 Å². The topological polar surface area (TPSA) is 56.7 Å². The molecule has 12 rings (SSSR count). The van der Waals surface area contributed by atoms with Crippen LogP contribution >= 0.6 is 11.3 Å². The van der Waals surface area contributed by atoms with Crippen molar-refractivity contribution >= 4 is 86.0 Å². The van der Waals surface area contributed by atoms with Gasteiger partial charge in [0.05, 0.1) is 11.0 Å². The predicted octanol–water partition coefficient (Wildman–Crippen LogP) is 13.4. The predicted molar refractivity (Wildman–Crippen MR) is 228 cm³/mol. The second kappa shape index (κ2) is 11.7. The van der Waals surface area contributed by atoms with Crippen LogP contribution < -0.4 is 0 Å². The lowest BCUT2D eigenvalue weighted by molar-refractivity contribution is 0.672. The number of rotatable bonds is 4. The molecule has 0 fully saturated rings. The molecule has 0 bridgehead atoms. The van der Waals surface area contributed by atoms with Crippen LogP contribution in [0.3, 0.4) is 0 Å². The molecule has 0 aliphatic rings. The molecule has 0 amide bonds. The maximum absolute atomic E-state index is 6.95. The fourth-order valence-electron chi connectivity index (χ4n) is 8.36. The van der Waals surface area contributed by atoms with E-state index in [4.69, 9.17) is 19.4 Å². The fourth-order valence-corrected chi connectivity index (χ4v) is 9.62. The monoisotopic (exact) mass is 720 g/mol. The van der Waals surface area contributed by atoms with E-state index in [9.17, 15) is 0 Å². The quantitative estimate of drug-likeness (QED) is 0.182. The van der Waals surface area contributed by atoms with Crippen molar-refractivity contribution in [1.82, 2.24) is 19.5 Å². The molecule has 6 heteroatoms. The van der Waals surface area contributed by atoms with Gasteiger partial charge in [0.15, 0.2) is 17.5 Å². The van der Waals surface area contributed by atoms with E-state index in [1.54, 1.807) is 0 Å². The van der Waals surface area contributed by atoms with Crippen molar-refractivity contribution in [3.05, 3.63) is 170 Å². The number of nitrogens with zero attached hydrogens (tertiary/aromatic N) is 4. The van der Waals surface area contributed by atoms with Crippen molar-refractivity contribution in [1.29, 1.82) is 0 Å². The first kappa shape index (κ1) is 30.3. The van der Waals surface area contributed by atoms with E-state index in [0.717, 1.165) is 60.6 Å². The van der Waals surface area contributed by atoms with Gasteiger partial charge in [-0.15, -0.1) is 11.3 Å². The lowest BCUT2D eigenvalue weighted by Gasteiger charge is -2.10. The van der Waals surface area contributed by atoms with Gasteiger partial charge in [-0.2, -0.15) is 0 Å². The molecule has 0 radical (unpaired) electrons. The molecule has 0 unspecified atom stereocenters. The minimum absolute atomic E-state index is 0.602. The number of hydrogen-bond acceptors (Lipinski definition) is 5. The summed E-state index contributed by atoms with van der Waals surface area (Å²) in [4.78, 5) is 15.3. The van der Waals surface area contributed by atoms with Gasteiger partial charge in [-0.25, -0.2) is 15.0 Å². The molecule has 55 heavy (non-hydrogen) atoms. The molecule has 0 aliphatic heterocycles. The average molecular weight is 721 g/mol. The van der Waals surface area contributed by atoms with Crippen LogP contribution in [0.5, 0.6) is 0 Å². The number of benzene rings is 8. The Morgan fingerprint density at radius 2 is 1.09 bits per heavy atom. The van der Waals surface area contributed by atoms with Crippen LogP contribution in [0.25, 0.3) is 115 Å². The highest BCUT2D eigenvalue weighted by atomic mass is 32.1. The zero-order chi connectivity index (χ0) is 36.0. The second-order valence-corrected chi connectivity index (χ2v) is 15.0. The summed E-state index contributed by atoms with van der Waals surface area (Å²) in [5, 5.41) is 9.22. The van der Waals surface area contributed by atoms with Gasteiger partial charge in [-0.1, -0.05) is 127 Å². The van der Waals surface area contributed by atoms with E-state index in [1.807, 2.05) is 72.0 Å². The SMILES string of the molecule is c1ccc(-c2nc(-c3ccccc3)nc(-c3cc4ccccc4c4oc5cc(-n6c7ccccc7c7c8sc9ccccc9c8ccc76)ccc5c34)n2)cc1. The zero-order valence-corrected chi connectivity index (χ0v) is 30.1. The Labute approximate surface area is 318 Å².